The maximum Gasteiger partial charge on any atom is 0.243 e. The quantitative estimate of drug-likeness (QED) is 0.745. The van der Waals surface area contributed by atoms with E-state index in [-0.39, 0.29) is 10.8 Å². The van der Waals surface area contributed by atoms with E-state index in [4.69, 9.17) is 0 Å². The van der Waals surface area contributed by atoms with Crippen LogP contribution >= 0.6 is 11.3 Å². The summed E-state index contributed by atoms with van der Waals surface area (Å²) in [5.74, 6) is -0.0328. The largest absolute Gasteiger partial charge is 0.326 e. The summed E-state index contributed by atoms with van der Waals surface area (Å²) in [6, 6.07) is 12.9. The molecule has 26 heavy (non-hydrogen) atoms. The Balaban J connectivity index is 1.63. The highest BCUT2D eigenvalue weighted by Crippen LogP contribution is 2.30. The second kappa shape index (κ2) is 6.50. The summed E-state index contributed by atoms with van der Waals surface area (Å²) in [6.07, 6.45) is 0.941. The van der Waals surface area contributed by atoms with Gasteiger partial charge in [-0.25, -0.2) is 8.42 Å². The van der Waals surface area contributed by atoms with Crippen molar-refractivity contribution in [2.24, 2.45) is 0 Å². The fraction of sp³-hybridized carbons (Fsp3) is 0.211. The summed E-state index contributed by atoms with van der Waals surface area (Å²) in [7, 11) is -2.01. The molecule has 0 saturated carbocycles. The number of sulfonamides is 1. The van der Waals surface area contributed by atoms with Gasteiger partial charge in [0.2, 0.25) is 15.9 Å². The number of hydrogen-bond donors (Lipinski definition) is 1. The summed E-state index contributed by atoms with van der Waals surface area (Å²) in [6.45, 7) is 0.320. The number of benzene rings is 2. The highest BCUT2D eigenvalue weighted by atomic mass is 32.2. The van der Waals surface area contributed by atoms with Crippen molar-refractivity contribution in [3.05, 3.63) is 59.0 Å². The highest BCUT2D eigenvalue weighted by Gasteiger charge is 2.24. The molecule has 0 unspecified atom stereocenters. The number of carbonyl (C=O) groups is 1. The molecule has 0 fully saturated rings. The lowest BCUT2D eigenvalue weighted by atomic mass is 10.0. The first kappa shape index (κ1) is 17.2. The number of amides is 1. The summed E-state index contributed by atoms with van der Waals surface area (Å²) in [4.78, 5) is 11.7. The molecule has 0 spiro atoms. The van der Waals surface area contributed by atoms with E-state index in [2.05, 4.69) is 5.32 Å². The van der Waals surface area contributed by atoms with Crippen LogP contribution in [0.1, 0.15) is 17.5 Å². The van der Waals surface area contributed by atoms with Gasteiger partial charge in [-0.15, -0.1) is 11.3 Å². The number of fused-ring (bicyclic) bond motifs is 2. The molecular weight excluding hydrogens is 368 g/mol. The Hall–Kier alpha value is -2.22. The molecular formula is C19H18N2O3S2. The lowest BCUT2D eigenvalue weighted by molar-refractivity contribution is -0.116. The van der Waals surface area contributed by atoms with E-state index < -0.39 is 10.0 Å². The summed E-state index contributed by atoms with van der Waals surface area (Å²) in [5.41, 5.74) is 2.56. The minimum atomic E-state index is -3.61. The SMILES string of the molecule is CN(Cc1csc2ccccc12)S(=O)(=O)c1ccc2c(c1)CCC(=O)N2. The number of anilines is 1. The van der Waals surface area contributed by atoms with Gasteiger partial charge in [-0.2, -0.15) is 4.31 Å². The zero-order valence-electron chi connectivity index (χ0n) is 14.2. The molecule has 1 N–H and O–H groups in total. The molecule has 2 heterocycles. The zero-order chi connectivity index (χ0) is 18.3. The van der Waals surface area contributed by atoms with Crippen molar-refractivity contribution in [1.82, 2.24) is 4.31 Å². The van der Waals surface area contributed by atoms with Crippen molar-refractivity contribution < 1.29 is 13.2 Å². The van der Waals surface area contributed by atoms with Gasteiger partial charge in [-0.1, -0.05) is 18.2 Å². The number of hydrogen-bond acceptors (Lipinski definition) is 4. The molecule has 1 amide bonds. The average molecular weight is 386 g/mol. The van der Waals surface area contributed by atoms with Crippen molar-refractivity contribution >= 4 is 43.0 Å². The Kier molecular flexibility index (Phi) is 4.30. The number of thiophene rings is 1. The highest BCUT2D eigenvalue weighted by molar-refractivity contribution is 7.89. The molecule has 1 aliphatic heterocycles. The van der Waals surface area contributed by atoms with Gasteiger partial charge in [0.25, 0.3) is 0 Å². The van der Waals surface area contributed by atoms with Crippen LogP contribution in [0, 0.1) is 0 Å². The van der Waals surface area contributed by atoms with Crippen LogP contribution in [-0.4, -0.2) is 25.7 Å². The molecule has 2 aromatic carbocycles. The molecule has 0 bridgehead atoms. The number of rotatable bonds is 4. The maximum atomic E-state index is 13.0. The van der Waals surface area contributed by atoms with Gasteiger partial charge < -0.3 is 5.32 Å². The normalized spacial score (nSPS) is 14.5. The average Bonchev–Trinajstić information content (AvgIpc) is 3.04. The summed E-state index contributed by atoms with van der Waals surface area (Å²) in [5, 5.41) is 5.88. The van der Waals surface area contributed by atoms with Gasteiger partial charge in [0.15, 0.2) is 0 Å². The molecule has 7 heteroatoms. The summed E-state index contributed by atoms with van der Waals surface area (Å²) < 4.78 is 28.5. The van der Waals surface area contributed by atoms with Crippen molar-refractivity contribution in [2.45, 2.75) is 24.3 Å². The fourth-order valence-electron chi connectivity index (χ4n) is 3.18. The Bertz CT molecular complexity index is 1100. The Morgan fingerprint density at radius 2 is 1.96 bits per heavy atom. The minimum Gasteiger partial charge on any atom is -0.326 e. The Labute approximate surface area is 156 Å². The fourth-order valence-corrected chi connectivity index (χ4v) is 5.33. The van der Waals surface area contributed by atoms with Crippen LogP contribution in [0.4, 0.5) is 5.69 Å². The second-order valence-electron chi connectivity index (χ2n) is 6.39. The van der Waals surface area contributed by atoms with Gasteiger partial charge in [0.05, 0.1) is 4.90 Å². The van der Waals surface area contributed by atoms with Gasteiger partial charge in [-0.05, 0) is 52.6 Å². The number of nitrogens with zero attached hydrogens (tertiary/aromatic N) is 1. The van der Waals surface area contributed by atoms with E-state index in [0.717, 1.165) is 21.2 Å². The first-order chi connectivity index (χ1) is 12.4. The van der Waals surface area contributed by atoms with E-state index in [1.165, 1.54) is 4.31 Å². The number of nitrogens with one attached hydrogen (secondary N) is 1. The first-order valence-corrected chi connectivity index (χ1v) is 10.6. The smallest absolute Gasteiger partial charge is 0.243 e. The van der Waals surface area contributed by atoms with Crippen LogP contribution in [0.15, 0.2) is 52.7 Å². The van der Waals surface area contributed by atoms with Gasteiger partial charge in [-0.3, -0.25) is 4.79 Å². The topological polar surface area (TPSA) is 66.5 Å². The van der Waals surface area contributed by atoms with E-state index in [1.807, 2.05) is 29.6 Å². The second-order valence-corrected chi connectivity index (χ2v) is 9.34. The third-order valence-electron chi connectivity index (χ3n) is 4.63. The van der Waals surface area contributed by atoms with Crippen LogP contribution in [0.25, 0.3) is 10.1 Å². The van der Waals surface area contributed by atoms with E-state index in [0.29, 0.717) is 25.1 Å². The molecule has 134 valence electrons. The predicted molar refractivity (Wildman–Crippen MR) is 104 cm³/mol. The predicted octanol–water partition coefficient (Wildman–Crippen LogP) is 3.61. The van der Waals surface area contributed by atoms with Gasteiger partial charge in [0.1, 0.15) is 0 Å². The van der Waals surface area contributed by atoms with Crippen molar-refractivity contribution in [1.29, 1.82) is 0 Å². The molecule has 0 saturated heterocycles. The third-order valence-corrected chi connectivity index (χ3v) is 7.45. The van der Waals surface area contributed by atoms with Crippen LogP contribution in [0.3, 0.4) is 0 Å². The van der Waals surface area contributed by atoms with Crippen molar-refractivity contribution in [2.75, 3.05) is 12.4 Å². The molecule has 4 rings (SSSR count). The lowest BCUT2D eigenvalue weighted by Crippen LogP contribution is -2.27. The number of carbonyl (C=O) groups excluding carboxylic acids is 1. The van der Waals surface area contributed by atoms with E-state index in [1.54, 1.807) is 36.6 Å². The Morgan fingerprint density at radius 3 is 2.81 bits per heavy atom. The molecule has 1 aromatic heterocycles. The minimum absolute atomic E-state index is 0.0328. The molecule has 5 nitrogen and oxygen atoms in total. The van der Waals surface area contributed by atoms with E-state index >= 15 is 0 Å². The van der Waals surface area contributed by atoms with Crippen LogP contribution in [-0.2, 0) is 27.8 Å². The van der Waals surface area contributed by atoms with Crippen LogP contribution < -0.4 is 5.32 Å². The summed E-state index contributed by atoms with van der Waals surface area (Å²) >= 11 is 1.62. The van der Waals surface area contributed by atoms with Gasteiger partial charge >= 0.3 is 0 Å². The molecule has 0 radical (unpaired) electrons. The van der Waals surface area contributed by atoms with E-state index in [9.17, 15) is 13.2 Å². The molecule has 0 atom stereocenters. The van der Waals surface area contributed by atoms with Crippen LogP contribution in [0.2, 0.25) is 0 Å². The third kappa shape index (κ3) is 3.02. The first-order valence-electron chi connectivity index (χ1n) is 8.29. The van der Waals surface area contributed by atoms with Crippen molar-refractivity contribution in [3.63, 3.8) is 0 Å². The lowest BCUT2D eigenvalue weighted by Gasteiger charge is -2.20. The number of aryl methyl sites for hydroxylation is 1. The monoisotopic (exact) mass is 386 g/mol. The zero-order valence-corrected chi connectivity index (χ0v) is 15.9. The maximum absolute atomic E-state index is 13.0. The molecule has 3 aromatic rings. The van der Waals surface area contributed by atoms with Crippen LogP contribution in [0.5, 0.6) is 0 Å². The van der Waals surface area contributed by atoms with Gasteiger partial charge in [0, 0.05) is 30.4 Å². The molecule has 0 aliphatic carbocycles. The molecule has 1 aliphatic rings. The van der Waals surface area contributed by atoms with Crippen molar-refractivity contribution in [3.8, 4) is 0 Å². The standard InChI is InChI=1S/C19H18N2O3S2/c1-21(11-14-12-25-18-5-3-2-4-16(14)18)26(23,24)15-7-8-17-13(10-15)6-9-19(22)20-17/h2-5,7-8,10,12H,6,9,11H2,1H3,(H,20,22). The Morgan fingerprint density at radius 1 is 1.15 bits per heavy atom.